The quantitative estimate of drug-likeness (QED) is 0.678. The van der Waals surface area contributed by atoms with E-state index in [1.807, 2.05) is 0 Å². The second kappa shape index (κ2) is 4.71. The van der Waals surface area contributed by atoms with Gasteiger partial charge in [-0.15, -0.1) is 0 Å². The lowest BCUT2D eigenvalue weighted by Crippen LogP contribution is -2.38. The van der Waals surface area contributed by atoms with Crippen molar-refractivity contribution in [3.05, 3.63) is 11.1 Å². The Hall–Kier alpha value is -0.380. The van der Waals surface area contributed by atoms with Gasteiger partial charge in [-0.25, -0.2) is 0 Å². The smallest absolute Gasteiger partial charge is 0.0839 e. The third kappa shape index (κ3) is 2.28. The van der Waals surface area contributed by atoms with Gasteiger partial charge in [0.25, 0.3) is 0 Å². The molecule has 2 N–H and O–H groups in total. The Balaban J connectivity index is 1.64. The summed E-state index contributed by atoms with van der Waals surface area (Å²) in [5.41, 5.74) is 2.89. The van der Waals surface area contributed by atoms with E-state index < -0.39 is 12.2 Å². The van der Waals surface area contributed by atoms with E-state index >= 15 is 0 Å². The molecule has 1 saturated heterocycles. The van der Waals surface area contributed by atoms with Gasteiger partial charge in [0.2, 0.25) is 0 Å². The van der Waals surface area contributed by atoms with Crippen molar-refractivity contribution < 1.29 is 10.2 Å². The third-order valence-electron chi connectivity index (χ3n) is 4.73. The van der Waals surface area contributed by atoms with Crippen LogP contribution in [0.25, 0.3) is 0 Å². The summed E-state index contributed by atoms with van der Waals surface area (Å²) in [5, 5.41) is 19.4. The first-order valence-corrected chi connectivity index (χ1v) is 7.04. The standard InChI is InChI=1S/C14H23NO2/c16-13-8-10-6-12(7-11(10)9-14(13)17)15-4-2-1-3-5-15/h12-14,16-17H,1-9H2/t12?,13-,14+. The Morgan fingerprint density at radius 2 is 1.29 bits per heavy atom. The fourth-order valence-electron chi connectivity index (χ4n) is 3.70. The Kier molecular flexibility index (Phi) is 3.24. The van der Waals surface area contributed by atoms with E-state index in [9.17, 15) is 10.2 Å². The van der Waals surface area contributed by atoms with Crippen molar-refractivity contribution in [3.8, 4) is 0 Å². The fourth-order valence-corrected chi connectivity index (χ4v) is 3.70. The normalized spacial score (nSPS) is 39.5. The third-order valence-corrected chi connectivity index (χ3v) is 4.73. The van der Waals surface area contributed by atoms with Gasteiger partial charge in [-0.2, -0.15) is 0 Å². The molecule has 1 unspecified atom stereocenters. The molecule has 1 aliphatic heterocycles. The molecule has 17 heavy (non-hydrogen) atoms. The molecule has 1 fully saturated rings. The van der Waals surface area contributed by atoms with E-state index in [0.29, 0.717) is 18.9 Å². The minimum atomic E-state index is -0.520. The summed E-state index contributed by atoms with van der Waals surface area (Å²) in [6.07, 6.45) is 6.72. The number of hydrogen-bond donors (Lipinski definition) is 2. The average molecular weight is 237 g/mol. The monoisotopic (exact) mass is 237 g/mol. The van der Waals surface area contributed by atoms with Gasteiger partial charge in [0.05, 0.1) is 12.2 Å². The summed E-state index contributed by atoms with van der Waals surface area (Å²) in [6.45, 7) is 2.49. The van der Waals surface area contributed by atoms with Crippen LogP contribution in [0.1, 0.15) is 44.9 Å². The molecule has 3 atom stereocenters. The van der Waals surface area contributed by atoms with E-state index in [4.69, 9.17) is 0 Å². The van der Waals surface area contributed by atoms with Crippen LogP contribution in [-0.4, -0.2) is 46.5 Å². The van der Waals surface area contributed by atoms with E-state index in [-0.39, 0.29) is 0 Å². The molecule has 0 amide bonds. The molecule has 1 heterocycles. The van der Waals surface area contributed by atoms with Gasteiger partial charge < -0.3 is 10.2 Å². The van der Waals surface area contributed by atoms with Crippen LogP contribution < -0.4 is 0 Å². The Labute approximate surface area is 103 Å². The number of aliphatic hydroxyl groups excluding tert-OH is 2. The van der Waals surface area contributed by atoms with E-state index in [2.05, 4.69) is 4.90 Å². The maximum atomic E-state index is 9.72. The molecule has 0 bridgehead atoms. The molecule has 0 aromatic rings. The summed E-state index contributed by atoms with van der Waals surface area (Å²) in [5.74, 6) is 0. The van der Waals surface area contributed by atoms with Gasteiger partial charge in [0.15, 0.2) is 0 Å². The van der Waals surface area contributed by atoms with Gasteiger partial charge in [-0.3, -0.25) is 4.90 Å². The van der Waals surface area contributed by atoms with Crippen molar-refractivity contribution in [2.24, 2.45) is 0 Å². The average Bonchev–Trinajstić information content (AvgIpc) is 2.74. The van der Waals surface area contributed by atoms with Crippen molar-refractivity contribution in [1.82, 2.24) is 4.90 Å². The van der Waals surface area contributed by atoms with Crippen LogP contribution in [0.2, 0.25) is 0 Å². The highest BCUT2D eigenvalue weighted by molar-refractivity contribution is 5.27. The number of likely N-dealkylation sites (tertiary alicyclic amines) is 1. The Morgan fingerprint density at radius 1 is 0.765 bits per heavy atom. The SMILES string of the molecule is O[C@@H]1CC2=C(CC(N3CCCCC3)C2)C[C@@H]1O. The van der Waals surface area contributed by atoms with Crippen LogP contribution >= 0.6 is 0 Å². The van der Waals surface area contributed by atoms with E-state index in [1.54, 1.807) is 0 Å². The highest BCUT2D eigenvalue weighted by atomic mass is 16.3. The van der Waals surface area contributed by atoms with Gasteiger partial charge in [-0.1, -0.05) is 17.6 Å². The molecule has 0 radical (unpaired) electrons. The minimum absolute atomic E-state index is 0.520. The first kappa shape index (κ1) is 11.7. The number of aliphatic hydroxyl groups is 2. The number of nitrogens with zero attached hydrogens (tertiary/aromatic N) is 1. The number of rotatable bonds is 1. The molecule has 3 rings (SSSR count). The molecular weight excluding hydrogens is 214 g/mol. The molecule has 96 valence electrons. The summed E-state index contributed by atoms with van der Waals surface area (Å²) in [4.78, 5) is 2.63. The summed E-state index contributed by atoms with van der Waals surface area (Å²) in [7, 11) is 0. The lowest BCUT2D eigenvalue weighted by atomic mass is 9.90. The zero-order valence-electron chi connectivity index (χ0n) is 10.4. The first-order valence-electron chi connectivity index (χ1n) is 7.04. The molecule has 3 heteroatoms. The molecule has 0 aromatic heterocycles. The minimum Gasteiger partial charge on any atom is -0.390 e. The second-order valence-electron chi connectivity index (χ2n) is 5.91. The molecule has 0 spiro atoms. The van der Waals surface area contributed by atoms with Gasteiger partial charge in [0, 0.05) is 6.04 Å². The first-order chi connectivity index (χ1) is 8.24. The lowest BCUT2D eigenvalue weighted by Gasteiger charge is -2.32. The molecule has 2 aliphatic carbocycles. The molecule has 0 saturated carbocycles. The lowest BCUT2D eigenvalue weighted by molar-refractivity contribution is 0.0144. The predicted octanol–water partition coefficient (Wildman–Crippen LogP) is 1.45. The Bertz CT molecular complexity index is 298. The molecular formula is C14H23NO2. The van der Waals surface area contributed by atoms with E-state index in [0.717, 1.165) is 12.8 Å². The highest BCUT2D eigenvalue weighted by Gasteiger charge is 2.35. The molecule has 3 aliphatic rings. The largest absolute Gasteiger partial charge is 0.390 e. The summed E-state index contributed by atoms with van der Waals surface area (Å²) >= 11 is 0. The van der Waals surface area contributed by atoms with Crippen LogP contribution in [0.5, 0.6) is 0 Å². The summed E-state index contributed by atoms with van der Waals surface area (Å²) < 4.78 is 0. The molecule has 0 aromatic carbocycles. The second-order valence-corrected chi connectivity index (χ2v) is 5.91. The number of hydrogen-bond acceptors (Lipinski definition) is 3. The molecule has 3 nitrogen and oxygen atoms in total. The maximum Gasteiger partial charge on any atom is 0.0839 e. The topological polar surface area (TPSA) is 43.7 Å². The van der Waals surface area contributed by atoms with Crippen molar-refractivity contribution in [3.63, 3.8) is 0 Å². The van der Waals surface area contributed by atoms with Crippen molar-refractivity contribution in [1.29, 1.82) is 0 Å². The Morgan fingerprint density at radius 3 is 1.82 bits per heavy atom. The van der Waals surface area contributed by atoms with E-state index in [1.165, 1.54) is 43.5 Å². The van der Waals surface area contributed by atoms with Crippen LogP contribution in [0.4, 0.5) is 0 Å². The predicted molar refractivity (Wildman–Crippen MR) is 66.7 cm³/mol. The van der Waals surface area contributed by atoms with Crippen molar-refractivity contribution in [2.75, 3.05) is 13.1 Å². The van der Waals surface area contributed by atoms with Crippen LogP contribution in [0.15, 0.2) is 11.1 Å². The summed E-state index contributed by atoms with van der Waals surface area (Å²) in [6, 6.07) is 0.665. The fraction of sp³-hybridized carbons (Fsp3) is 0.857. The maximum absolute atomic E-state index is 9.72. The number of piperidine rings is 1. The highest BCUT2D eigenvalue weighted by Crippen LogP contribution is 2.39. The van der Waals surface area contributed by atoms with Crippen LogP contribution in [0, 0.1) is 0 Å². The van der Waals surface area contributed by atoms with Crippen molar-refractivity contribution in [2.45, 2.75) is 63.2 Å². The van der Waals surface area contributed by atoms with Gasteiger partial charge >= 0.3 is 0 Å². The zero-order chi connectivity index (χ0) is 11.8. The van der Waals surface area contributed by atoms with Crippen molar-refractivity contribution >= 4 is 0 Å². The van der Waals surface area contributed by atoms with Gasteiger partial charge in [0.1, 0.15) is 0 Å². The van der Waals surface area contributed by atoms with Crippen LogP contribution in [-0.2, 0) is 0 Å². The van der Waals surface area contributed by atoms with Crippen LogP contribution in [0.3, 0.4) is 0 Å². The van der Waals surface area contributed by atoms with Gasteiger partial charge in [-0.05, 0) is 51.6 Å². The zero-order valence-corrected chi connectivity index (χ0v) is 10.4.